The van der Waals surface area contributed by atoms with Crippen LogP contribution in [0.5, 0.6) is 0 Å². The zero-order valence-electron chi connectivity index (χ0n) is 15.5. The monoisotopic (exact) mass is 358 g/mol. The van der Waals surface area contributed by atoms with Crippen molar-refractivity contribution in [2.75, 3.05) is 16.8 Å². The zero-order valence-corrected chi connectivity index (χ0v) is 15.5. The number of benzene rings is 3. The lowest BCUT2D eigenvalue weighted by Gasteiger charge is -2.20. The van der Waals surface area contributed by atoms with Crippen LogP contribution in [0.1, 0.15) is 17.5 Å². The van der Waals surface area contributed by atoms with Gasteiger partial charge in [-0.1, -0.05) is 48.5 Å². The number of amides is 2. The summed E-state index contributed by atoms with van der Waals surface area (Å²) in [4.78, 5) is 27.2. The molecular weight excluding hydrogens is 336 g/mol. The summed E-state index contributed by atoms with van der Waals surface area (Å²) in [5, 5.41) is 5.11. The van der Waals surface area contributed by atoms with Gasteiger partial charge in [-0.15, -0.1) is 0 Å². The Morgan fingerprint density at radius 1 is 1.04 bits per heavy atom. The van der Waals surface area contributed by atoms with Crippen molar-refractivity contribution in [1.29, 1.82) is 0 Å². The Morgan fingerprint density at radius 2 is 1.81 bits per heavy atom. The Labute approximate surface area is 158 Å². The summed E-state index contributed by atoms with van der Waals surface area (Å²) in [6.45, 7) is 4.42. The van der Waals surface area contributed by atoms with E-state index in [4.69, 9.17) is 0 Å². The van der Waals surface area contributed by atoms with E-state index in [9.17, 15) is 9.59 Å². The first-order valence-corrected chi connectivity index (χ1v) is 9.19. The van der Waals surface area contributed by atoms with Crippen molar-refractivity contribution in [2.24, 2.45) is 5.92 Å². The van der Waals surface area contributed by atoms with Gasteiger partial charge in [-0.25, -0.2) is 0 Å². The molecule has 0 radical (unpaired) electrons. The summed E-state index contributed by atoms with van der Waals surface area (Å²) in [6, 6.07) is 19.9. The van der Waals surface area contributed by atoms with Gasteiger partial charge >= 0.3 is 0 Å². The molecule has 1 N–H and O–H groups in total. The molecule has 1 heterocycles. The molecule has 4 heteroatoms. The van der Waals surface area contributed by atoms with Gasteiger partial charge in [0, 0.05) is 29.7 Å². The average molecular weight is 358 g/mol. The molecule has 0 bridgehead atoms. The van der Waals surface area contributed by atoms with Crippen LogP contribution in [0.3, 0.4) is 0 Å². The SMILES string of the molecule is Cc1ccc(C)c(N2C[C@H](C(=O)Nc3cccc4ccccc34)CC2=O)c1. The third-order valence-corrected chi connectivity index (χ3v) is 5.20. The van der Waals surface area contributed by atoms with Gasteiger partial charge in [-0.2, -0.15) is 0 Å². The second kappa shape index (κ2) is 6.88. The highest BCUT2D eigenvalue weighted by Crippen LogP contribution is 2.30. The highest BCUT2D eigenvalue weighted by Gasteiger charge is 2.35. The van der Waals surface area contributed by atoms with Crippen molar-refractivity contribution in [3.63, 3.8) is 0 Å². The molecule has 0 saturated carbocycles. The van der Waals surface area contributed by atoms with Crippen LogP contribution in [0.25, 0.3) is 10.8 Å². The summed E-state index contributed by atoms with van der Waals surface area (Å²) < 4.78 is 0. The fourth-order valence-electron chi connectivity index (χ4n) is 3.70. The van der Waals surface area contributed by atoms with Gasteiger partial charge in [0.25, 0.3) is 0 Å². The number of hydrogen-bond donors (Lipinski definition) is 1. The molecule has 0 unspecified atom stereocenters. The molecule has 0 aromatic heterocycles. The Kier molecular flexibility index (Phi) is 4.40. The van der Waals surface area contributed by atoms with Crippen molar-refractivity contribution in [3.05, 3.63) is 71.8 Å². The lowest BCUT2D eigenvalue weighted by molar-refractivity contribution is -0.122. The van der Waals surface area contributed by atoms with Gasteiger partial charge in [-0.3, -0.25) is 9.59 Å². The fraction of sp³-hybridized carbons (Fsp3) is 0.217. The number of anilines is 2. The lowest BCUT2D eigenvalue weighted by atomic mass is 10.1. The second-order valence-corrected chi connectivity index (χ2v) is 7.21. The van der Waals surface area contributed by atoms with Crippen molar-refractivity contribution in [2.45, 2.75) is 20.3 Å². The molecular formula is C23H22N2O2. The van der Waals surface area contributed by atoms with Crippen LogP contribution < -0.4 is 10.2 Å². The number of nitrogens with one attached hydrogen (secondary N) is 1. The van der Waals surface area contributed by atoms with Gasteiger partial charge in [-0.05, 0) is 42.5 Å². The molecule has 3 aromatic carbocycles. The van der Waals surface area contributed by atoms with Crippen molar-refractivity contribution in [1.82, 2.24) is 0 Å². The molecule has 3 aromatic rings. The van der Waals surface area contributed by atoms with E-state index in [-0.39, 0.29) is 24.2 Å². The maximum atomic E-state index is 12.8. The molecule has 1 aliphatic rings. The van der Waals surface area contributed by atoms with Gasteiger partial charge in [0.2, 0.25) is 11.8 Å². The lowest BCUT2D eigenvalue weighted by Crippen LogP contribution is -2.28. The van der Waals surface area contributed by atoms with Crippen LogP contribution in [0.4, 0.5) is 11.4 Å². The summed E-state index contributed by atoms with van der Waals surface area (Å²) in [5.74, 6) is -0.453. The van der Waals surface area contributed by atoms with Gasteiger partial charge in [0.1, 0.15) is 0 Å². The number of hydrogen-bond acceptors (Lipinski definition) is 2. The molecule has 0 spiro atoms. The van der Waals surface area contributed by atoms with Gasteiger partial charge < -0.3 is 10.2 Å². The Balaban J connectivity index is 1.55. The maximum Gasteiger partial charge on any atom is 0.229 e. The predicted octanol–water partition coefficient (Wildman–Crippen LogP) is 4.45. The molecule has 1 fully saturated rings. The number of nitrogens with zero attached hydrogens (tertiary/aromatic N) is 1. The average Bonchev–Trinajstić information content (AvgIpc) is 3.06. The molecule has 136 valence electrons. The van der Waals surface area contributed by atoms with E-state index in [0.717, 1.165) is 33.3 Å². The smallest absolute Gasteiger partial charge is 0.229 e. The van der Waals surface area contributed by atoms with E-state index in [2.05, 4.69) is 5.32 Å². The van der Waals surface area contributed by atoms with Crippen molar-refractivity contribution in [3.8, 4) is 0 Å². The van der Waals surface area contributed by atoms with E-state index in [1.165, 1.54) is 0 Å². The number of carbonyl (C=O) groups excluding carboxylic acids is 2. The van der Waals surface area contributed by atoms with Crippen LogP contribution in [0.15, 0.2) is 60.7 Å². The Bertz CT molecular complexity index is 1040. The van der Waals surface area contributed by atoms with Crippen LogP contribution in [-0.4, -0.2) is 18.4 Å². The normalized spacial score (nSPS) is 16.7. The molecule has 2 amide bonds. The van der Waals surface area contributed by atoms with Gasteiger partial charge in [0.05, 0.1) is 5.92 Å². The third-order valence-electron chi connectivity index (χ3n) is 5.20. The molecule has 1 saturated heterocycles. The van der Waals surface area contributed by atoms with Crippen LogP contribution in [0, 0.1) is 19.8 Å². The van der Waals surface area contributed by atoms with Crippen molar-refractivity contribution >= 4 is 34.0 Å². The summed E-state index contributed by atoms with van der Waals surface area (Å²) in [6.07, 6.45) is 0.240. The topological polar surface area (TPSA) is 49.4 Å². The molecule has 27 heavy (non-hydrogen) atoms. The van der Waals surface area contributed by atoms with E-state index >= 15 is 0 Å². The minimum Gasteiger partial charge on any atom is -0.325 e. The van der Waals surface area contributed by atoms with E-state index in [1.807, 2.05) is 74.5 Å². The number of aryl methyl sites for hydroxylation is 2. The number of fused-ring (bicyclic) bond motifs is 1. The molecule has 4 nitrogen and oxygen atoms in total. The van der Waals surface area contributed by atoms with Crippen molar-refractivity contribution < 1.29 is 9.59 Å². The van der Waals surface area contributed by atoms with E-state index in [0.29, 0.717) is 6.54 Å². The van der Waals surface area contributed by atoms with E-state index < -0.39 is 0 Å². The maximum absolute atomic E-state index is 12.8. The summed E-state index contributed by atoms with van der Waals surface area (Å²) in [7, 11) is 0. The minimum atomic E-state index is -0.351. The Morgan fingerprint density at radius 3 is 2.67 bits per heavy atom. The van der Waals surface area contributed by atoms with Crippen LogP contribution in [0.2, 0.25) is 0 Å². The summed E-state index contributed by atoms with van der Waals surface area (Å²) in [5.41, 5.74) is 3.84. The first-order valence-electron chi connectivity index (χ1n) is 9.19. The number of rotatable bonds is 3. The van der Waals surface area contributed by atoms with Crippen LogP contribution >= 0.6 is 0 Å². The molecule has 4 rings (SSSR count). The van der Waals surface area contributed by atoms with E-state index in [1.54, 1.807) is 4.90 Å². The zero-order chi connectivity index (χ0) is 19.0. The first-order chi connectivity index (χ1) is 13.0. The quantitative estimate of drug-likeness (QED) is 0.752. The standard InChI is InChI=1S/C23H22N2O2/c1-15-10-11-16(2)21(12-15)25-14-18(13-22(25)26)23(27)24-20-9-5-7-17-6-3-4-8-19(17)20/h3-12,18H,13-14H2,1-2H3,(H,24,27)/t18-/m1/s1. The van der Waals surface area contributed by atoms with Crippen LogP contribution in [-0.2, 0) is 9.59 Å². The highest BCUT2D eigenvalue weighted by atomic mass is 16.2. The first kappa shape index (κ1) is 17.3. The minimum absolute atomic E-state index is 0.00164. The largest absolute Gasteiger partial charge is 0.325 e. The Hall–Kier alpha value is -3.14. The fourth-order valence-corrected chi connectivity index (χ4v) is 3.70. The molecule has 1 aliphatic heterocycles. The third kappa shape index (κ3) is 3.31. The summed E-state index contributed by atoms with van der Waals surface area (Å²) >= 11 is 0. The second-order valence-electron chi connectivity index (χ2n) is 7.21. The molecule has 1 atom stereocenters. The molecule has 0 aliphatic carbocycles. The predicted molar refractivity (Wildman–Crippen MR) is 109 cm³/mol. The highest BCUT2D eigenvalue weighted by molar-refractivity contribution is 6.07. The van der Waals surface area contributed by atoms with Gasteiger partial charge in [0.15, 0.2) is 0 Å². The number of carbonyl (C=O) groups is 2.